The topological polar surface area (TPSA) is 58.2 Å². The molecule has 0 unspecified atom stereocenters. The first-order valence-electron chi connectivity index (χ1n) is 5.43. The van der Waals surface area contributed by atoms with E-state index in [-0.39, 0.29) is 12.4 Å². The molecule has 1 aromatic heterocycles. The molecule has 0 aliphatic heterocycles. The molecule has 0 radical (unpaired) electrons. The van der Waals surface area contributed by atoms with Crippen LogP contribution in [0.2, 0.25) is 0 Å². The number of hydrogen-bond donors (Lipinski definition) is 2. The van der Waals surface area contributed by atoms with Crippen LogP contribution in [-0.2, 0) is 10.0 Å². The zero-order chi connectivity index (χ0) is 12.9. The van der Waals surface area contributed by atoms with E-state index in [1.807, 2.05) is 6.92 Å². The average Bonchev–Trinajstić information content (AvgIpc) is 2.60. The van der Waals surface area contributed by atoms with Crippen LogP contribution >= 0.6 is 39.7 Å². The van der Waals surface area contributed by atoms with E-state index in [9.17, 15) is 8.42 Å². The number of aryl methyl sites for hydroxylation is 1. The lowest BCUT2D eigenvalue weighted by molar-refractivity contribution is 0.577. The normalized spacial score (nSPS) is 11.3. The summed E-state index contributed by atoms with van der Waals surface area (Å²) >= 11 is 4.56. The van der Waals surface area contributed by atoms with E-state index in [1.165, 1.54) is 11.3 Å². The first-order chi connectivity index (χ1) is 7.97. The fraction of sp³-hybridized carbons (Fsp3) is 0.600. The van der Waals surface area contributed by atoms with Crippen LogP contribution in [0.3, 0.4) is 0 Å². The summed E-state index contributed by atoms with van der Waals surface area (Å²) < 4.78 is 27.6. The molecule has 0 saturated carbocycles. The van der Waals surface area contributed by atoms with Crippen molar-refractivity contribution in [2.45, 2.75) is 24.5 Å². The third kappa shape index (κ3) is 5.54. The van der Waals surface area contributed by atoms with Gasteiger partial charge >= 0.3 is 0 Å². The smallest absolute Gasteiger partial charge is 0.250 e. The molecule has 1 aromatic rings. The molecule has 18 heavy (non-hydrogen) atoms. The fourth-order valence-electron chi connectivity index (χ4n) is 1.21. The fourth-order valence-corrected chi connectivity index (χ4v) is 4.51. The van der Waals surface area contributed by atoms with Gasteiger partial charge in [-0.25, -0.2) is 13.1 Å². The standard InChI is InChI=1S/C10H17BrN2O2S2.ClH/c1-3-4-12-5-6-13-17(14,15)9-7-8(2)10(11)16-9;/h7,12-13H,3-6H2,1-2H3;1H. The predicted octanol–water partition coefficient (Wildman–Crippen LogP) is 2.52. The summed E-state index contributed by atoms with van der Waals surface area (Å²) in [5.74, 6) is 0. The van der Waals surface area contributed by atoms with Gasteiger partial charge in [-0.15, -0.1) is 23.7 Å². The molecule has 0 amide bonds. The highest BCUT2D eigenvalue weighted by atomic mass is 79.9. The molecule has 0 spiro atoms. The summed E-state index contributed by atoms with van der Waals surface area (Å²) in [4.78, 5) is 0. The number of halogens is 2. The van der Waals surface area contributed by atoms with Gasteiger partial charge in [0.1, 0.15) is 4.21 Å². The molecular weight excluding hydrogens is 360 g/mol. The van der Waals surface area contributed by atoms with Crippen LogP contribution in [0.4, 0.5) is 0 Å². The molecule has 0 bridgehead atoms. The molecule has 0 aliphatic carbocycles. The van der Waals surface area contributed by atoms with Gasteiger partial charge in [0.05, 0.1) is 3.79 Å². The number of rotatable bonds is 7. The van der Waals surface area contributed by atoms with Gasteiger partial charge in [0.2, 0.25) is 10.0 Å². The minimum Gasteiger partial charge on any atom is -0.315 e. The molecule has 1 heterocycles. The zero-order valence-corrected chi connectivity index (χ0v) is 14.4. The molecule has 2 N–H and O–H groups in total. The maximum absolute atomic E-state index is 11.9. The number of thiophene rings is 1. The quantitative estimate of drug-likeness (QED) is 0.718. The Morgan fingerprint density at radius 2 is 2.00 bits per heavy atom. The number of sulfonamides is 1. The maximum atomic E-state index is 11.9. The number of nitrogens with one attached hydrogen (secondary N) is 2. The first-order valence-corrected chi connectivity index (χ1v) is 8.53. The Hall–Kier alpha value is 0.340. The van der Waals surface area contributed by atoms with E-state index in [4.69, 9.17) is 0 Å². The monoisotopic (exact) mass is 376 g/mol. The van der Waals surface area contributed by atoms with Gasteiger partial charge in [0, 0.05) is 13.1 Å². The molecule has 0 fully saturated rings. The molecule has 0 saturated heterocycles. The lowest BCUT2D eigenvalue weighted by Crippen LogP contribution is -2.31. The Balaban J connectivity index is 0.00000289. The minimum absolute atomic E-state index is 0. The predicted molar refractivity (Wildman–Crippen MR) is 82.4 cm³/mol. The van der Waals surface area contributed by atoms with Gasteiger partial charge < -0.3 is 5.32 Å². The van der Waals surface area contributed by atoms with Crippen molar-refractivity contribution in [1.82, 2.24) is 10.0 Å². The van der Waals surface area contributed by atoms with Crippen molar-refractivity contribution in [3.8, 4) is 0 Å². The molecule has 1 rings (SSSR count). The summed E-state index contributed by atoms with van der Waals surface area (Å²) in [6.45, 7) is 5.92. The van der Waals surface area contributed by atoms with Crippen LogP contribution in [0.5, 0.6) is 0 Å². The van der Waals surface area contributed by atoms with Crippen molar-refractivity contribution in [2.75, 3.05) is 19.6 Å². The van der Waals surface area contributed by atoms with Gasteiger partial charge in [-0.3, -0.25) is 0 Å². The van der Waals surface area contributed by atoms with E-state index < -0.39 is 10.0 Å². The van der Waals surface area contributed by atoms with E-state index in [0.29, 0.717) is 17.3 Å². The summed E-state index contributed by atoms with van der Waals surface area (Å²) in [7, 11) is -3.35. The molecule has 0 aliphatic rings. The highest BCUT2D eigenvalue weighted by Crippen LogP contribution is 2.30. The highest BCUT2D eigenvalue weighted by molar-refractivity contribution is 9.11. The average molecular weight is 378 g/mol. The van der Waals surface area contributed by atoms with Gasteiger partial charge in [0.25, 0.3) is 0 Å². The zero-order valence-electron chi connectivity index (χ0n) is 10.3. The van der Waals surface area contributed by atoms with Crippen LogP contribution in [0.25, 0.3) is 0 Å². The second-order valence-corrected chi connectivity index (χ2v) is 8.03. The van der Waals surface area contributed by atoms with Gasteiger partial charge in [0.15, 0.2) is 0 Å². The molecule has 8 heteroatoms. The van der Waals surface area contributed by atoms with Crippen molar-refractivity contribution < 1.29 is 8.42 Å². The van der Waals surface area contributed by atoms with Crippen LogP contribution in [0.15, 0.2) is 14.1 Å². The maximum Gasteiger partial charge on any atom is 0.250 e. The van der Waals surface area contributed by atoms with Crippen molar-refractivity contribution >= 4 is 49.7 Å². The van der Waals surface area contributed by atoms with E-state index in [0.717, 1.165) is 22.3 Å². The summed E-state index contributed by atoms with van der Waals surface area (Å²) in [5.41, 5.74) is 0.944. The van der Waals surface area contributed by atoms with E-state index in [1.54, 1.807) is 6.07 Å². The van der Waals surface area contributed by atoms with Crippen LogP contribution in [-0.4, -0.2) is 28.1 Å². The third-order valence-electron chi connectivity index (χ3n) is 2.12. The second-order valence-electron chi connectivity index (χ2n) is 3.67. The molecule has 0 atom stereocenters. The summed E-state index contributed by atoms with van der Waals surface area (Å²) in [6, 6.07) is 1.68. The van der Waals surface area contributed by atoms with Crippen LogP contribution in [0, 0.1) is 6.92 Å². The Kier molecular flexibility index (Phi) is 8.66. The van der Waals surface area contributed by atoms with Crippen molar-refractivity contribution in [3.05, 3.63) is 15.4 Å². The highest BCUT2D eigenvalue weighted by Gasteiger charge is 2.17. The van der Waals surface area contributed by atoms with Gasteiger partial charge in [-0.05, 0) is 47.4 Å². The largest absolute Gasteiger partial charge is 0.315 e. The molecule has 106 valence electrons. The molecule has 4 nitrogen and oxygen atoms in total. The van der Waals surface area contributed by atoms with Gasteiger partial charge in [-0.1, -0.05) is 6.92 Å². The van der Waals surface area contributed by atoms with Gasteiger partial charge in [-0.2, -0.15) is 0 Å². The molecule has 0 aromatic carbocycles. The minimum atomic E-state index is -3.35. The van der Waals surface area contributed by atoms with Crippen LogP contribution in [0.1, 0.15) is 18.9 Å². The molecular formula is C10H18BrClN2O2S2. The van der Waals surface area contributed by atoms with E-state index >= 15 is 0 Å². The van der Waals surface area contributed by atoms with Crippen molar-refractivity contribution in [3.63, 3.8) is 0 Å². The number of hydrogen-bond acceptors (Lipinski definition) is 4. The lowest BCUT2D eigenvalue weighted by atomic mass is 10.4. The third-order valence-corrected chi connectivity index (χ3v) is 6.19. The summed E-state index contributed by atoms with van der Waals surface area (Å²) in [6.07, 6.45) is 1.05. The second kappa shape index (κ2) is 8.50. The Bertz CT molecular complexity index is 443. The summed E-state index contributed by atoms with van der Waals surface area (Å²) in [5, 5.41) is 3.14. The Morgan fingerprint density at radius 1 is 1.33 bits per heavy atom. The lowest BCUT2D eigenvalue weighted by Gasteiger charge is -2.05. The first kappa shape index (κ1) is 18.3. The van der Waals surface area contributed by atoms with Crippen molar-refractivity contribution in [1.29, 1.82) is 0 Å². The van der Waals surface area contributed by atoms with Crippen molar-refractivity contribution in [2.24, 2.45) is 0 Å². The SMILES string of the molecule is CCCNCCNS(=O)(=O)c1cc(C)c(Br)s1.Cl. The Morgan fingerprint density at radius 3 is 2.50 bits per heavy atom. The Labute approximate surface area is 127 Å². The van der Waals surface area contributed by atoms with Crippen LogP contribution < -0.4 is 10.0 Å². The van der Waals surface area contributed by atoms with E-state index in [2.05, 4.69) is 32.9 Å².